The molecular formula is C22H35NO2. The van der Waals surface area contributed by atoms with Gasteiger partial charge in [-0.05, 0) is 49.8 Å². The Balaban J connectivity index is 2.32. The fourth-order valence-corrected chi connectivity index (χ4v) is 2.90. The number of rotatable bonds is 12. The van der Waals surface area contributed by atoms with Crippen LogP contribution in [0.15, 0.2) is 24.3 Å². The van der Waals surface area contributed by atoms with Crippen LogP contribution in [0.3, 0.4) is 0 Å². The van der Waals surface area contributed by atoms with Gasteiger partial charge in [0.05, 0.1) is 0 Å². The van der Waals surface area contributed by atoms with Crippen LogP contribution in [0, 0.1) is 11.8 Å². The molecule has 1 aromatic carbocycles. The molecule has 3 heteroatoms. The second kappa shape index (κ2) is 11.8. The van der Waals surface area contributed by atoms with Crippen LogP contribution in [-0.2, 0) is 16.0 Å². The van der Waals surface area contributed by atoms with E-state index in [1.165, 1.54) is 5.56 Å². The Morgan fingerprint density at radius 3 is 2.48 bits per heavy atom. The van der Waals surface area contributed by atoms with Crippen molar-refractivity contribution in [3.8, 4) is 0 Å². The Morgan fingerprint density at radius 2 is 1.80 bits per heavy atom. The summed E-state index contributed by atoms with van der Waals surface area (Å²) in [6.45, 7) is 8.14. The first kappa shape index (κ1) is 21.4. The molecule has 1 rings (SSSR count). The minimum atomic E-state index is 0.0382. The highest BCUT2D eigenvalue weighted by atomic mass is 16.1. The number of anilines is 1. The van der Waals surface area contributed by atoms with Gasteiger partial charge >= 0.3 is 0 Å². The molecule has 0 aliphatic rings. The van der Waals surface area contributed by atoms with Crippen LogP contribution in [0.4, 0.5) is 5.69 Å². The van der Waals surface area contributed by atoms with Crippen molar-refractivity contribution >= 4 is 17.4 Å². The molecule has 1 amide bonds. The molecule has 0 saturated carbocycles. The van der Waals surface area contributed by atoms with E-state index < -0.39 is 0 Å². The maximum atomic E-state index is 12.0. The number of hydrogen-bond acceptors (Lipinski definition) is 2. The summed E-state index contributed by atoms with van der Waals surface area (Å²) in [5.41, 5.74) is 2.12. The smallest absolute Gasteiger partial charge is 0.227 e. The zero-order valence-corrected chi connectivity index (χ0v) is 16.4. The molecule has 0 spiro atoms. The molecule has 0 aliphatic carbocycles. The third-order valence-corrected chi connectivity index (χ3v) is 4.91. The van der Waals surface area contributed by atoms with Crippen molar-refractivity contribution in [1.29, 1.82) is 0 Å². The number of Topliss-reactive ketones (excluding diaryl/α,β-unsaturated/α-hetero) is 1. The zero-order valence-electron chi connectivity index (χ0n) is 16.4. The predicted octanol–water partition coefficient (Wildman–Crippen LogP) is 5.78. The molecule has 140 valence electrons. The number of aryl methyl sites for hydroxylation is 1. The summed E-state index contributed by atoms with van der Waals surface area (Å²) in [6, 6.07) is 8.11. The normalized spacial score (nSPS) is 13.3. The van der Waals surface area contributed by atoms with E-state index in [1.807, 2.05) is 32.9 Å². The fourth-order valence-electron chi connectivity index (χ4n) is 2.90. The molecule has 2 unspecified atom stereocenters. The summed E-state index contributed by atoms with van der Waals surface area (Å²) in [5, 5.41) is 2.99. The van der Waals surface area contributed by atoms with E-state index in [9.17, 15) is 9.59 Å². The molecule has 1 N–H and O–H groups in total. The van der Waals surface area contributed by atoms with Gasteiger partial charge in [-0.25, -0.2) is 0 Å². The van der Waals surface area contributed by atoms with Crippen LogP contribution in [-0.4, -0.2) is 11.7 Å². The Kier molecular flexibility index (Phi) is 10.1. The summed E-state index contributed by atoms with van der Waals surface area (Å²) in [4.78, 5) is 23.9. The lowest BCUT2D eigenvalue weighted by Crippen LogP contribution is -2.19. The van der Waals surface area contributed by atoms with Gasteiger partial charge in [0.15, 0.2) is 0 Å². The van der Waals surface area contributed by atoms with Gasteiger partial charge in [-0.3, -0.25) is 9.59 Å². The van der Waals surface area contributed by atoms with E-state index in [2.05, 4.69) is 24.4 Å². The van der Waals surface area contributed by atoms with E-state index in [4.69, 9.17) is 0 Å². The number of carbonyl (C=O) groups excluding carboxylic acids is 2. The van der Waals surface area contributed by atoms with Crippen molar-refractivity contribution in [3.05, 3.63) is 29.8 Å². The largest absolute Gasteiger partial charge is 0.326 e. The monoisotopic (exact) mass is 345 g/mol. The second-order valence-corrected chi connectivity index (χ2v) is 7.22. The van der Waals surface area contributed by atoms with Gasteiger partial charge in [-0.15, -0.1) is 0 Å². The highest BCUT2D eigenvalue weighted by Crippen LogP contribution is 2.16. The lowest BCUT2D eigenvalue weighted by atomic mass is 9.96. The van der Waals surface area contributed by atoms with Gasteiger partial charge in [0.25, 0.3) is 0 Å². The van der Waals surface area contributed by atoms with Crippen molar-refractivity contribution in [1.82, 2.24) is 0 Å². The van der Waals surface area contributed by atoms with Crippen molar-refractivity contribution in [2.75, 3.05) is 5.32 Å². The zero-order chi connectivity index (χ0) is 18.7. The lowest BCUT2D eigenvalue weighted by molar-refractivity contribution is -0.122. The summed E-state index contributed by atoms with van der Waals surface area (Å²) >= 11 is 0. The average molecular weight is 346 g/mol. The average Bonchev–Trinajstić information content (AvgIpc) is 2.61. The van der Waals surface area contributed by atoms with E-state index in [0.717, 1.165) is 50.6 Å². The van der Waals surface area contributed by atoms with Crippen LogP contribution < -0.4 is 5.32 Å². The standard InChI is InChI=1S/C22H35NO2/c1-5-11-18(4)21(24)15-9-7-8-12-19-13-10-14-20(16-19)23-22(25)17(3)6-2/h10,13-14,16-18H,5-9,11-12,15H2,1-4H3,(H,23,25). The Morgan fingerprint density at radius 1 is 1.04 bits per heavy atom. The van der Waals surface area contributed by atoms with Gasteiger partial charge in [0.2, 0.25) is 5.91 Å². The summed E-state index contributed by atoms with van der Waals surface area (Å²) in [5.74, 6) is 0.753. The molecule has 3 nitrogen and oxygen atoms in total. The number of carbonyl (C=O) groups is 2. The first-order chi connectivity index (χ1) is 12.0. The fraction of sp³-hybridized carbons (Fsp3) is 0.636. The molecule has 0 radical (unpaired) electrons. The molecule has 2 atom stereocenters. The van der Waals surface area contributed by atoms with Crippen molar-refractivity contribution in [2.45, 2.75) is 79.1 Å². The van der Waals surface area contributed by atoms with Gasteiger partial charge in [-0.2, -0.15) is 0 Å². The van der Waals surface area contributed by atoms with Crippen molar-refractivity contribution in [2.24, 2.45) is 11.8 Å². The molecule has 0 fully saturated rings. The number of nitrogens with one attached hydrogen (secondary N) is 1. The van der Waals surface area contributed by atoms with Crippen LogP contribution in [0.1, 0.15) is 78.2 Å². The Labute approximate surface area is 153 Å². The van der Waals surface area contributed by atoms with E-state index >= 15 is 0 Å². The summed E-state index contributed by atoms with van der Waals surface area (Å²) in [6.07, 6.45) is 7.79. The molecule has 0 aliphatic heterocycles. The maximum absolute atomic E-state index is 12.0. The minimum Gasteiger partial charge on any atom is -0.326 e. The molecular weight excluding hydrogens is 310 g/mol. The van der Waals surface area contributed by atoms with E-state index in [0.29, 0.717) is 12.2 Å². The highest BCUT2D eigenvalue weighted by molar-refractivity contribution is 5.92. The van der Waals surface area contributed by atoms with Crippen LogP contribution in [0.25, 0.3) is 0 Å². The first-order valence-electron chi connectivity index (χ1n) is 9.90. The third kappa shape index (κ3) is 8.33. The van der Waals surface area contributed by atoms with Crippen LogP contribution in [0.5, 0.6) is 0 Å². The number of unbranched alkanes of at least 4 members (excludes halogenated alkanes) is 2. The topological polar surface area (TPSA) is 46.2 Å². The van der Waals surface area contributed by atoms with Gasteiger partial charge in [0.1, 0.15) is 5.78 Å². The third-order valence-electron chi connectivity index (χ3n) is 4.91. The van der Waals surface area contributed by atoms with Crippen molar-refractivity contribution < 1.29 is 9.59 Å². The SMILES string of the molecule is CCCC(C)C(=O)CCCCCc1cccc(NC(=O)C(C)CC)c1. The summed E-state index contributed by atoms with van der Waals surface area (Å²) < 4.78 is 0. The molecule has 0 saturated heterocycles. The minimum absolute atomic E-state index is 0.0382. The molecule has 1 aromatic rings. The number of amides is 1. The lowest BCUT2D eigenvalue weighted by Gasteiger charge is -2.11. The second-order valence-electron chi connectivity index (χ2n) is 7.22. The highest BCUT2D eigenvalue weighted by Gasteiger charge is 2.11. The van der Waals surface area contributed by atoms with E-state index in [-0.39, 0.29) is 17.7 Å². The molecule has 0 bridgehead atoms. The predicted molar refractivity (Wildman–Crippen MR) is 106 cm³/mol. The van der Waals surface area contributed by atoms with Gasteiger partial charge in [-0.1, -0.05) is 52.7 Å². The quantitative estimate of drug-likeness (QED) is 0.488. The Hall–Kier alpha value is -1.64. The van der Waals surface area contributed by atoms with Crippen LogP contribution >= 0.6 is 0 Å². The van der Waals surface area contributed by atoms with Crippen LogP contribution in [0.2, 0.25) is 0 Å². The number of benzene rings is 1. The molecule has 25 heavy (non-hydrogen) atoms. The van der Waals surface area contributed by atoms with Crippen molar-refractivity contribution in [3.63, 3.8) is 0 Å². The van der Waals surface area contributed by atoms with Gasteiger partial charge < -0.3 is 5.32 Å². The first-order valence-corrected chi connectivity index (χ1v) is 9.90. The number of ketones is 1. The summed E-state index contributed by atoms with van der Waals surface area (Å²) in [7, 11) is 0. The molecule has 0 aromatic heterocycles. The van der Waals surface area contributed by atoms with Gasteiger partial charge in [0, 0.05) is 23.9 Å². The van der Waals surface area contributed by atoms with E-state index in [1.54, 1.807) is 0 Å². The number of hydrogen-bond donors (Lipinski definition) is 1. The maximum Gasteiger partial charge on any atom is 0.227 e. The Bertz CT molecular complexity index is 539. The molecule has 0 heterocycles.